The van der Waals surface area contributed by atoms with Crippen LogP contribution < -0.4 is 14.8 Å². The first-order valence-electron chi connectivity index (χ1n) is 10.6. The lowest BCUT2D eigenvalue weighted by atomic mass is 10.00. The molecule has 0 unspecified atom stereocenters. The summed E-state index contributed by atoms with van der Waals surface area (Å²) in [6, 6.07) is 21.2. The van der Waals surface area contributed by atoms with Crippen molar-refractivity contribution in [3.8, 4) is 28.5 Å². The summed E-state index contributed by atoms with van der Waals surface area (Å²) in [6.45, 7) is 1.35. The summed E-state index contributed by atoms with van der Waals surface area (Å²) in [4.78, 5) is 4.87. The highest BCUT2D eigenvalue weighted by molar-refractivity contribution is 6.12. The van der Waals surface area contributed by atoms with Gasteiger partial charge < -0.3 is 19.9 Å². The normalized spacial score (nSPS) is 11.2. The number of nitrogens with zero attached hydrogens (tertiary/aromatic N) is 2. The molecule has 0 aliphatic carbocycles. The number of ether oxygens (including phenoxy) is 2. The number of hydrogen-bond donors (Lipinski definition) is 3. The molecule has 0 saturated heterocycles. The van der Waals surface area contributed by atoms with Crippen molar-refractivity contribution in [1.82, 2.24) is 20.5 Å². The Bertz CT molecular complexity index is 1410. The number of aromatic amines is 1. The van der Waals surface area contributed by atoms with Crippen molar-refractivity contribution < 1.29 is 14.6 Å². The maximum atomic E-state index is 9.73. The molecule has 2 heterocycles. The van der Waals surface area contributed by atoms with Gasteiger partial charge in [0.15, 0.2) is 17.1 Å². The highest BCUT2D eigenvalue weighted by atomic mass is 16.5. The molecule has 0 aliphatic rings. The van der Waals surface area contributed by atoms with Crippen molar-refractivity contribution in [2.24, 2.45) is 0 Å². The van der Waals surface area contributed by atoms with Gasteiger partial charge in [0.25, 0.3) is 0 Å². The van der Waals surface area contributed by atoms with Crippen LogP contribution in [0.1, 0.15) is 11.3 Å². The van der Waals surface area contributed by atoms with Crippen molar-refractivity contribution >= 4 is 21.8 Å². The summed E-state index contributed by atoms with van der Waals surface area (Å²) in [5, 5.41) is 23.7. The molecule has 7 heteroatoms. The first-order valence-corrected chi connectivity index (χ1v) is 10.6. The summed E-state index contributed by atoms with van der Waals surface area (Å²) in [5.74, 6) is 1.46. The molecule has 7 nitrogen and oxygen atoms in total. The largest absolute Gasteiger partial charge is 0.508 e. The highest BCUT2D eigenvalue weighted by Gasteiger charge is 2.19. The number of benzene rings is 3. The number of aromatic hydroxyl groups is 1. The average molecular weight is 441 g/mol. The number of methoxy groups -OCH3 is 2. The third-order valence-corrected chi connectivity index (χ3v) is 5.70. The van der Waals surface area contributed by atoms with Crippen molar-refractivity contribution in [1.29, 1.82) is 0 Å². The predicted molar refractivity (Wildman–Crippen MR) is 129 cm³/mol. The minimum Gasteiger partial charge on any atom is -0.508 e. The van der Waals surface area contributed by atoms with Crippen molar-refractivity contribution in [3.63, 3.8) is 0 Å². The topological polar surface area (TPSA) is 92.3 Å². The molecule has 5 rings (SSSR count). The second-order valence-corrected chi connectivity index (χ2v) is 7.75. The Hall–Kier alpha value is -4.10. The molecule has 166 valence electrons. The van der Waals surface area contributed by atoms with Gasteiger partial charge >= 0.3 is 0 Å². The molecule has 5 aromatic rings. The van der Waals surface area contributed by atoms with E-state index in [2.05, 4.69) is 27.6 Å². The summed E-state index contributed by atoms with van der Waals surface area (Å²) in [5.41, 5.74) is 4.41. The number of fused-ring (bicyclic) bond motifs is 3. The maximum absolute atomic E-state index is 9.73. The number of H-pyrrole nitrogens is 1. The number of aromatic nitrogens is 3. The Balaban J connectivity index is 1.64. The number of rotatable bonds is 7. The van der Waals surface area contributed by atoms with Crippen LogP contribution in [-0.2, 0) is 13.1 Å². The predicted octanol–water partition coefficient (Wildman–Crippen LogP) is 4.79. The van der Waals surface area contributed by atoms with Crippen LogP contribution in [0.5, 0.6) is 17.2 Å². The third kappa shape index (κ3) is 3.94. The zero-order valence-corrected chi connectivity index (χ0v) is 18.4. The van der Waals surface area contributed by atoms with E-state index in [1.807, 2.05) is 42.5 Å². The van der Waals surface area contributed by atoms with Crippen molar-refractivity contribution in [2.45, 2.75) is 13.1 Å². The fraction of sp³-hybridized carbons (Fsp3) is 0.154. The van der Waals surface area contributed by atoms with Crippen LogP contribution >= 0.6 is 0 Å². The van der Waals surface area contributed by atoms with Gasteiger partial charge in [0.05, 0.1) is 31.0 Å². The number of pyridine rings is 1. The number of phenols is 1. The van der Waals surface area contributed by atoms with Crippen molar-refractivity contribution in [3.05, 3.63) is 78.0 Å². The lowest BCUT2D eigenvalue weighted by Crippen LogP contribution is -2.13. The fourth-order valence-electron chi connectivity index (χ4n) is 4.07. The molecule has 0 spiro atoms. The van der Waals surface area contributed by atoms with Crippen molar-refractivity contribution in [2.75, 3.05) is 14.2 Å². The van der Waals surface area contributed by atoms with Gasteiger partial charge in [0.1, 0.15) is 5.75 Å². The van der Waals surface area contributed by atoms with Gasteiger partial charge in [-0.1, -0.05) is 30.3 Å². The second-order valence-electron chi connectivity index (χ2n) is 7.75. The summed E-state index contributed by atoms with van der Waals surface area (Å²) in [6.07, 6.45) is 0. The Kier molecular flexibility index (Phi) is 5.54. The second kappa shape index (κ2) is 8.80. The lowest BCUT2D eigenvalue weighted by Gasteiger charge is -2.13. The van der Waals surface area contributed by atoms with Crippen LogP contribution in [0.15, 0.2) is 66.7 Å². The van der Waals surface area contributed by atoms with Gasteiger partial charge in [-0.2, -0.15) is 5.10 Å². The Morgan fingerprint density at radius 1 is 0.879 bits per heavy atom. The SMILES string of the molecule is COc1cc2c(-c3ccc(O)cc3)nc3n[nH]c(CNCc4ccccc4)c3c2cc1OC. The first-order chi connectivity index (χ1) is 16.2. The van der Waals surface area contributed by atoms with E-state index in [9.17, 15) is 5.11 Å². The maximum Gasteiger partial charge on any atom is 0.182 e. The first kappa shape index (κ1) is 20.8. The van der Waals surface area contributed by atoms with E-state index in [0.29, 0.717) is 23.7 Å². The average Bonchev–Trinajstić information content (AvgIpc) is 3.27. The van der Waals surface area contributed by atoms with E-state index < -0.39 is 0 Å². The molecule has 3 N–H and O–H groups in total. The minimum absolute atomic E-state index is 0.204. The monoisotopic (exact) mass is 440 g/mol. The molecule has 33 heavy (non-hydrogen) atoms. The third-order valence-electron chi connectivity index (χ3n) is 5.70. The van der Waals surface area contributed by atoms with Crippen LogP contribution in [0.3, 0.4) is 0 Å². The molecule has 0 radical (unpaired) electrons. The number of phenolic OH excluding ortho intramolecular Hbond substituents is 1. The lowest BCUT2D eigenvalue weighted by molar-refractivity contribution is 0.356. The summed E-state index contributed by atoms with van der Waals surface area (Å²) < 4.78 is 11.1. The molecule has 0 fully saturated rings. The molecule has 3 aromatic carbocycles. The Morgan fingerprint density at radius 3 is 2.27 bits per heavy atom. The van der Waals surface area contributed by atoms with Gasteiger partial charge in [-0.3, -0.25) is 5.10 Å². The minimum atomic E-state index is 0.204. The van der Waals surface area contributed by atoms with Crippen LogP contribution in [0.4, 0.5) is 0 Å². The van der Waals surface area contributed by atoms with E-state index >= 15 is 0 Å². The number of hydrogen-bond acceptors (Lipinski definition) is 6. The molecule has 2 aromatic heterocycles. The zero-order valence-electron chi connectivity index (χ0n) is 18.4. The molecule has 0 saturated carbocycles. The van der Waals surface area contributed by atoms with E-state index in [4.69, 9.17) is 14.5 Å². The highest BCUT2D eigenvalue weighted by Crippen LogP contribution is 2.40. The quantitative estimate of drug-likeness (QED) is 0.337. The van der Waals surface area contributed by atoms with E-state index in [-0.39, 0.29) is 5.75 Å². The fourth-order valence-corrected chi connectivity index (χ4v) is 4.07. The molecular formula is C26H24N4O3. The van der Waals surface area contributed by atoms with Gasteiger partial charge in [-0.25, -0.2) is 4.98 Å². The standard InChI is InChI=1S/C26H24N4O3/c1-32-22-12-19-20(13-23(22)33-2)25(17-8-10-18(31)11-9-17)28-26-24(19)21(29-30-26)15-27-14-16-6-4-3-5-7-16/h3-13,27,31H,14-15H2,1-2H3,(H,28,29,30). The van der Waals surface area contributed by atoms with Crippen LogP contribution in [0.2, 0.25) is 0 Å². The molecular weight excluding hydrogens is 416 g/mol. The molecule has 0 atom stereocenters. The van der Waals surface area contributed by atoms with Crippen LogP contribution in [0, 0.1) is 0 Å². The smallest absolute Gasteiger partial charge is 0.182 e. The van der Waals surface area contributed by atoms with Gasteiger partial charge in [0.2, 0.25) is 0 Å². The van der Waals surface area contributed by atoms with Gasteiger partial charge in [-0.15, -0.1) is 0 Å². The van der Waals surface area contributed by atoms with E-state index in [0.717, 1.165) is 39.7 Å². The zero-order chi connectivity index (χ0) is 22.8. The van der Waals surface area contributed by atoms with E-state index in [1.54, 1.807) is 26.4 Å². The molecule has 0 aliphatic heterocycles. The molecule has 0 amide bonds. The summed E-state index contributed by atoms with van der Waals surface area (Å²) >= 11 is 0. The summed E-state index contributed by atoms with van der Waals surface area (Å²) in [7, 11) is 3.24. The number of nitrogens with one attached hydrogen (secondary N) is 2. The van der Waals surface area contributed by atoms with Gasteiger partial charge in [-0.05, 0) is 42.0 Å². The Morgan fingerprint density at radius 2 is 1.58 bits per heavy atom. The van der Waals surface area contributed by atoms with Crippen LogP contribution in [0.25, 0.3) is 33.1 Å². The van der Waals surface area contributed by atoms with Gasteiger partial charge in [0, 0.05) is 29.4 Å². The Labute approximate surface area is 191 Å². The van der Waals surface area contributed by atoms with Crippen LogP contribution in [-0.4, -0.2) is 34.5 Å². The van der Waals surface area contributed by atoms with E-state index in [1.165, 1.54) is 5.56 Å². The molecule has 0 bridgehead atoms.